The Bertz CT molecular complexity index is 892. The second kappa shape index (κ2) is 6.90. The molecule has 0 bridgehead atoms. The molecule has 0 atom stereocenters. The number of benzene rings is 2. The molecule has 0 saturated carbocycles. The molecule has 24 heavy (non-hydrogen) atoms. The van der Waals surface area contributed by atoms with Crippen molar-refractivity contribution in [2.24, 2.45) is 0 Å². The summed E-state index contributed by atoms with van der Waals surface area (Å²) >= 11 is 0. The minimum absolute atomic E-state index is 0.0204. The molecule has 0 heterocycles. The number of hydrogen-bond donors (Lipinski definition) is 1. The van der Waals surface area contributed by atoms with Crippen LogP contribution in [0.15, 0.2) is 36.4 Å². The van der Waals surface area contributed by atoms with Crippen LogP contribution in [-0.4, -0.2) is 10.8 Å². The quantitative estimate of drug-likeness (QED) is 0.680. The van der Waals surface area contributed by atoms with Gasteiger partial charge in [-0.25, -0.2) is 0 Å². The lowest BCUT2D eigenvalue weighted by Gasteiger charge is -2.08. The maximum atomic E-state index is 11.1. The van der Waals surface area contributed by atoms with Crippen molar-refractivity contribution in [2.45, 2.75) is 6.92 Å². The summed E-state index contributed by atoms with van der Waals surface area (Å²) in [5.74, 6) is -0.103. The predicted molar refractivity (Wildman–Crippen MR) is 83.3 cm³/mol. The topological polar surface area (TPSA) is 129 Å². The van der Waals surface area contributed by atoms with Gasteiger partial charge in [0.15, 0.2) is 0 Å². The second-order valence-corrected chi connectivity index (χ2v) is 4.65. The fourth-order valence-electron chi connectivity index (χ4n) is 1.91. The average molecular weight is 322 g/mol. The molecule has 0 aromatic heterocycles. The zero-order valence-electron chi connectivity index (χ0n) is 12.4. The molecule has 0 saturated heterocycles. The van der Waals surface area contributed by atoms with Gasteiger partial charge in [0, 0.05) is 24.7 Å². The number of nitriles is 2. The molecule has 0 fully saturated rings. The van der Waals surface area contributed by atoms with Gasteiger partial charge in [0.25, 0.3) is 0 Å². The van der Waals surface area contributed by atoms with E-state index in [9.17, 15) is 14.9 Å². The Labute approximate surface area is 136 Å². The maximum Gasteiger partial charge on any atom is 0.312 e. The van der Waals surface area contributed by atoms with Gasteiger partial charge in [-0.2, -0.15) is 10.5 Å². The smallest absolute Gasteiger partial charge is 0.312 e. The van der Waals surface area contributed by atoms with Crippen molar-refractivity contribution in [2.75, 3.05) is 5.32 Å². The molecule has 0 spiro atoms. The number of carbonyl (C=O) groups excluding carboxylic acids is 1. The molecule has 2 aromatic rings. The van der Waals surface area contributed by atoms with Crippen LogP contribution in [0.1, 0.15) is 18.1 Å². The van der Waals surface area contributed by atoms with Gasteiger partial charge in [0.2, 0.25) is 11.7 Å². The molecule has 0 radical (unpaired) electrons. The van der Waals surface area contributed by atoms with E-state index in [4.69, 9.17) is 15.3 Å². The van der Waals surface area contributed by atoms with E-state index in [1.165, 1.54) is 19.1 Å². The standard InChI is InChI=1S/C16H10N4O4/c1-10(21)19-13-2-4-14(5-3-13)24-16-7-12(9-18)11(8-17)6-15(16)20(22)23/h2-7H,1H3,(H,19,21). The molecule has 0 aliphatic heterocycles. The van der Waals surface area contributed by atoms with Crippen LogP contribution in [0.4, 0.5) is 11.4 Å². The zero-order valence-corrected chi connectivity index (χ0v) is 12.4. The number of anilines is 1. The zero-order chi connectivity index (χ0) is 17.7. The Morgan fingerprint density at radius 1 is 1.17 bits per heavy atom. The highest BCUT2D eigenvalue weighted by atomic mass is 16.6. The predicted octanol–water partition coefficient (Wildman–Crippen LogP) is 3.09. The third kappa shape index (κ3) is 3.64. The van der Waals surface area contributed by atoms with E-state index in [2.05, 4.69) is 5.32 Å². The number of rotatable bonds is 4. The van der Waals surface area contributed by atoms with Crippen molar-refractivity contribution in [1.82, 2.24) is 0 Å². The molecule has 0 aliphatic rings. The number of nitrogens with one attached hydrogen (secondary N) is 1. The van der Waals surface area contributed by atoms with E-state index in [0.29, 0.717) is 5.69 Å². The van der Waals surface area contributed by atoms with Crippen molar-refractivity contribution in [3.8, 4) is 23.6 Å². The summed E-state index contributed by atoms with van der Waals surface area (Å²) < 4.78 is 5.46. The van der Waals surface area contributed by atoms with Crippen LogP contribution in [0.25, 0.3) is 0 Å². The van der Waals surface area contributed by atoms with Crippen molar-refractivity contribution in [3.05, 3.63) is 57.6 Å². The lowest BCUT2D eigenvalue weighted by molar-refractivity contribution is -0.385. The SMILES string of the molecule is CC(=O)Nc1ccc(Oc2cc(C#N)c(C#N)cc2[N+](=O)[O-])cc1. The summed E-state index contributed by atoms with van der Waals surface area (Å²) in [6.45, 7) is 1.37. The molecule has 2 aromatic carbocycles. The molecule has 0 aliphatic carbocycles. The Kier molecular flexibility index (Phi) is 4.73. The number of ether oxygens (including phenoxy) is 1. The number of carbonyl (C=O) groups is 1. The maximum absolute atomic E-state index is 11.1. The summed E-state index contributed by atoms with van der Waals surface area (Å²) in [5, 5.41) is 31.7. The highest BCUT2D eigenvalue weighted by Crippen LogP contribution is 2.34. The van der Waals surface area contributed by atoms with Crippen LogP contribution in [0.2, 0.25) is 0 Å². The number of hydrogen-bond acceptors (Lipinski definition) is 6. The van der Waals surface area contributed by atoms with Gasteiger partial charge in [-0.3, -0.25) is 14.9 Å². The van der Waals surface area contributed by atoms with Crippen LogP contribution < -0.4 is 10.1 Å². The lowest BCUT2D eigenvalue weighted by Crippen LogP contribution is -2.05. The Hall–Kier alpha value is -3.91. The van der Waals surface area contributed by atoms with Gasteiger partial charge in [-0.1, -0.05) is 0 Å². The highest BCUT2D eigenvalue weighted by Gasteiger charge is 2.20. The summed E-state index contributed by atoms with van der Waals surface area (Å²) in [4.78, 5) is 21.4. The average Bonchev–Trinajstić information content (AvgIpc) is 2.55. The van der Waals surface area contributed by atoms with E-state index in [0.717, 1.165) is 12.1 Å². The van der Waals surface area contributed by atoms with E-state index in [1.54, 1.807) is 24.3 Å². The molecular weight excluding hydrogens is 312 g/mol. The van der Waals surface area contributed by atoms with Crippen molar-refractivity contribution < 1.29 is 14.5 Å². The van der Waals surface area contributed by atoms with Crippen LogP contribution in [0.5, 0.6) is 11.5 Å². The van der Waals surface area contributed by atoms with Gasteiger partial charge in [-0.05, 0) is 24.3 Å². The third-order valence-corrected chi connectivity index (χ3v) is 2.94. The number of nitrogens with zero attached hydrogens (tertiary/aromatic N) is 3. The molecule has 1 amide bonds. The van der Waals surface area contributed by atoms with Gasteiger partial charge in [0.05, 0.1) is 16.1 Å². The third-order valence-electron chi connectivity index (χ3n) is 2.94. The second-order valence-electron chi connectivity index (χ2n) is 4.65. The summed E-state index contributed by atoms with van der Waals surface area (Å²) in [6, 6.07) is 11.8. The molecule has 8 heteroatoms. The summed E-state index contributed by atoms with van der Waals surface area (Å²) in [5.41, 5.74) is 0.00361. The first-order valence-electron chi connectivity index (χ1n) is 6.62. The minimum atomic E-state index is -0.691. The summed E-state index contributed by atoms with van der Waals surface area (Å²) in [6.07, 6.45) is 0. The molecule has 1 N–H and O–H groups in total. The Morgan fingerprint density at radius 2 is 1.75 bits per heavy atom. The van der Waals surface area contributed by atoms with Crippen LogP contribution >= 0.6 is 0 Å². The normalized spacial score (nSPS) is 9.46. The first-order chi connectivity index (χ1) is 11.4. The van der Waals surface area contributed by atoms with E-state index < -0.39 is 10.6 Å². The molecule has 118 valence electrons. The number of nitro benzene ring substituents is 1. The van der Waals surface area contributed by atoms with Crippen molar-refractivity contribution in [1.29, 1.82) is 10.5 Å². The molecule has 0 unspecified atom stereocenters. The monoisotopic (exact) mass is 322 g/mol. The molecule has 8 nitrogen and oxygen atoms in total. The van der Waals surface area contributed by atoms with Crippen LogP contribution in [0.3, 0.4) is 0 Å². The first kappa shape index (κ1) is 16.5. The van der Waals surface area contributed by atoms with E-state index in [-0.39, 0.29) is 28.5 Å². The van der Waals surface area contributed by atoms with Gasteiger partial charge >= 0.3 is 5.69 Å². The van der Waals surface area contributed by atoms with Crippen molar-refractivity contribution >= 4 is 17.3 Å². The van der Waals surface area contributed by atoms with Gasteiger partial charge < -0.3 is 10.1 Å². The summed E-state index contributed by atoms with van der Waals surface area (Å²) in [7, 11) is 0. The number of nitro groups is 1. The van der Waals surface area contributed by atoms with Crippen LogP contribution in [-0.2, 0) is 4.79 Å². The molecule has 2 rings (SSSR count). The Balaban J connectivity index is 2.38. The fourth-order valence-corrected chi connectivity index (χ4v) is 1.91. The first-order valence-corrected chi connectivity index (χ1v) is 6.62. The van der Waals surface area contributed by atoms with Crippen molar-refractivity contribution in [3.63, 3.8) is 0 Å². The van der Waals surface area contributed by atoms with Gasteiger partial charge in [0.1, 0.15) is 17.9 Å². The number of amides is 1. The minimum Gasteiger partial charge on any atom is -0.450 e. The Morgan fingerprint density at radius 3 is 2.25 bits per heavy atom. The van der Waals surface area contributed by atoms with Crippen LogP contribution in [0, 0.1) is 32.8 Å². The highest BCUT2D eigenvalue weighted by molar-refractivity contribution is 5.88. The van der Waals surface area contributed by atoms with E-state index in [1.807, 2.05) is 0 Å². The molecular formula is C16H10N4O4. The lowest BCUT2D eigenvalue weighted by atomic mass is 10.1. The largest absolute Gasteiger partial charge is 0.450 e. The fraction of sp³-hybridized carbons (Fsp3) is 0.0625. The van der Waals surface area contributed by atoms with E-state index >= 15 is 0 Å². The van der Waals surface area contributed by atoms with Gasteiger partial charge in [-0.15, -0.1) is 0 Å².